The van der Waals surface area contributed by atoms with Crippen molar-refractivity contribution in [3.05, 3.63) is 65.9 Å². The molecule has 2 fully saturated rings. The van der Waals surface area contributed by atoms with Crippen molar-refractivity contribution in [1.29, 1.82) is 0 Å². The highest BCUT2D eigenvalue weighted by Gasteiger charge is 2.34. The summed E-state index contributed by atoms with van der Waals surface area (Å²) in [6, 6.07) is 14.4. The summed E-state index contributed by atoms with van der Waals surface area (Å²) < 4.78 is 27.8. The summed E-state index contributed by atoms with van der Waals surface area (Å²) in [5, 5.41) is 2.28. The predicted molar refractivity (Wildman–Crippen MR) is 133 cm³/mol. The second-order valence-corrected chi connectivity index (χ2v) is 11.3. The van der Waals surface area contributed by atoms with Gasteiger partial charge in [0.1, 0.15) is 0 Å². The largest absolute Gasteiger partial charge is 0.371 e. The van der Waals surface area contributed by atoms with E-state index in [-0.39, 0.29) is 17.3 Å². The van der Waals surface area contributed by atoms with Crippen LogP contribution in [0.3, 0.4) is 0 Å². The summed E-state index contributed by atoms with van der Waals surface area (Å²) in [5.41, 5.74) is 1.18. The Kier molecular flexibility index (Phi) is 6.46. The fraction of sp³-hybridized carbons (Fsp3) is 0.360. The van der Waals surface area contributed by atoms with Crippen molar-refractivity contribution in [1.82, 2.24) is 14.2 Å². The molecule has 0 bridgehead atoms. The van der Waals surface area contributed by atoms with Crippen LogP contribution in [0.5, 0.6) is 0 Å². The van der Waals surface area contributed by atoms with E-state index in [1.54, 1.807) is 48.8 Å². The summed E-state index contributed by atoms with van der Waals surface area (Å²) in [5.74, 6) is 0.302. The van der Waals surface area contributed by atoms with E-state index in [1.807, 2.05) is 17.0 Å². The maximum atomic E-state index is 13.2. The molecule has 1 aromatic heterocycles. The summed E-state index contributed by atoms with van der Waals surface area (Å²) in [7, 11) is -3.75. The standard InChI is InChI=1S/C25H27ClN4O3S/c26-22-3-1-21-16-24(4-2-20(21)15-22)34(32,33)30-14-13-29(25(31)18-30)17-19-7-11-28(12-8-19)23-5-9-27-10-6-23/h1-6,9-10,15-16,19H,7-8,11-14,17-18H2. The lowest BCUT2D eigenvalue weighted by atomic mass is 9.95. The monoisotopic (exact) mass is 498 g/mol. The molecule has 1 amide bonds. The zero-order chi connectivity index (χ0) is 23.7. The number of pyridine rings is 1. The second kappa shape index (κ2) is 9.52. The van der Waals surface area contributed by atoms with Crippen LogP contribution < -0.4 is 4.90 Å². The lowest BCUT2D eigenvalue weighted by Gasteiger charge is -2.38. The van der Waals surface area contributed by atoms with Crippen molar-refractivity contribution in [3.63, 3.8) is 0 Å². The molecule has 34 heavy (non-hydrogen) atoms. The number of amides is 1. The summed E-state index contributed by atoms with van der Waals surface area (Å²) in [6.45, 7) is 3.20. The molecule has 0 atom stereocenters. The van der Waals surface area contributed by atoms with Gasteiger partial charge in [0.05, 0.1) is 11.4 Å². The van der Waals surface area contributed by atoms with Crippen molar-refractivity contribution in [2.75, 3.05) is 44.2 Å². The van der Waals surface area contributed by atoms with Gasteiger partial charge in [-0.05, 0) is 65.9 Å². The van der Waals surface area contributed by atoms with E-state index in [0.717, 1.165) is 36.7 Å². The lowest BCUT2D eigenvalue weighted by molar-refractivity contribution is -0.134. The molecule has 7 nitrogen and oxygen atoms in total. The number of aromatic nitrogens is 1. The number of hydrogen-bond donors (Lipinski definition) is 0. The minimum absolute atomic E-state index is 0.114. The Bertz CT molecular complexity index is 1290. The maximum absolute atomic E-state index is 13.2. The Hall–Kier alpha value is -2.68. The van der Waals surface area contributed by atoms with Crippen LogP contribution in [-0.4, -0.2) is 67.8 Å². The van der Waals surface area contributed by atoms with Crippen molar-refractivity contribution in [3.8, 4) is 0 Å². The molecule has 0 N–H and O–H groups in total. The van der Waals surface area contributed by atoms with Crippen LogP contribution in [0.1, 0.15) is 12.8 Å². The van der Waals surface area contributed by atoms with Gasteiger partial charge in [-0.1, -0.05) is 23.7 Å². The van der Waals surface area contributed by atoms with Crippen LogP contribution in [0, 0.1) is 5.92 Å². The van der Waals surface area contributed by atoms with Crippen molar-refractivity contribution in [2.45, 2.75) is 17.7 Å². The molecule has 5 rings (SSSR count). The van der Waals surface area contributed by atoms with Gasteiger partial charge in [0.2, 0.25) is 15.9 Å². The van der Waals surface area contributed by atoms with E-state index >= 15 is 0 Å². The first-order chi connectivity index (χ1) is 16.4. The van der Waals surface area contributed by atoms with E-state index in [1.165, 1.54) is 9.99 Å². The van der Waals surface area contributed by atoms with E-state index < -0.39 is 10.0 Å². The molecule has 2 aliphatic rings. The lowest BCUT2D eigenvalue weighted by Crippen LogP contribution is -2.53. The quantitative estimate of drug-likeness (QED) is 0.537. The van der Waals surface area contributed by atoms with Gasteiger partial charge in [0.25, 0.3) is 0 Å². The zero-order valence-electron chi connectivity index (χ0n) is 18.8. The Morgan fingerprint density at radius 3 is 2.35 bits per heavy atom. The molecule has 2 aromatic carbocycles. The van der Waals surface area contributed by atoms with Crippen LogP contribution in [0.2, 0.25) is 5.02 Å². The molecule has 0 unspecified atom stereocenters. The first-order valence-electron chi connectivity index (χ1n) is 11.5. The number of anilines is 1. The number of carbonyl (C=O) groups excluding carboxylic acids is 1. The van der Waals surface area contributed by atoms with E-state index in [0.29, 0.717) is 30.6 Å². The Morgan fingerprint density at radius 2 is 1.62 bits per heavy atom. The third-order valence-corrected chi connectivity index (χ3v) is 8.89. The number of rotatable bonds is 5. The van der Waals surface area contributed by atoms with Gasteiger partial charge >= 0.3 is 0 Å². The van der Waals surface area contributed by atoms with E-state index in [2.05, 4.69) is 9.88 Å². The first-order valence-corrected chi connectivity index (χ1v) is 13.3. The third-order valence-electron chi connectivity index (χ3n) is 6.82. The van der Waals surface area contributed by atoms with Crippen molar-refractivity contribution < 1.29 is 13.2 Å². The molecule has 9 heteroatoms. The number of benzene rings is 2. The Balaban J connectivity index is 1.19. The minimum atomic E-state index is -3.75. The van der Waals surface area contributed by atoms with E-state index in [9.17, 15) is 13.2 Å². The molecule has 0 saturated carbocycles. The number of piperidine rings is 1. The van der Waals surface area contributed by atoms with Gasteiger partial charge < -0.3 is 9.80 Å². The summed E-state index contributed by atoms with van der Waals surface area (Å²) in [6.07, 6.45) is 5.63. The number of sulfonamides is 1. The van der Waals surface area contributed by atoms with Gasteiger partial charge in [-0.15, -0.1) is 0 Å². The Morgan fingerprint density at radius 1 is 0.912 bits per heavy atom. The topological polar surface area (TPSA) is 73.8 Å². The molecule has 3 aromatic rings. The van der Waals surface area contributed by atoms with Gasteiger partial charge in [-0.3, -0.25) is 9.78 Å². The van der Waals surface area contributed by atoms with Crippen LogP contribution in [-0.2, 0) is 14.8 Å². The highest BCUT2D eigenvalue weighted by atomic mass is 35.5. The maximum Gasteiger partial charge on any atom is 0.243 e. The summed E-state index contributed by atoms with van der Waals surface area (Å²) in [4.78, 5) is 21.3. The van der Waals surface area contributed by atoms with Gasteiger partial charge in [0.15, 0.2) is 0 Å². The molecule has 2 saturated heterocycles. The average Bonchev–Trinajstić information content (AvgIpc) is 2.86. The Labute approximate surface area is 205 Å². The number of nitrogens with zero attached hydrogens (tertiary/aromatic N) is 4. The number of hydrogen-bond acceptors (Lipinski definition) is 5. The van der Waals surface area contributed by atoms with Crippen LogP contribution in [0.15, 0.2) is 65.8 Å². The fourth-order valence-corrected chi connectivity index (χ4v) is 6.43. The fourth-order valence-electron chi connectivity index (χ4n) is 4.83. The normalized spacial score (nSPS) is 18.6. The van der Waals surface area contributed by atoms with Crippen LogP contribution in [0.4, 0.5) is 5.69 Å². The third kappa shape index (κ3) is 4.76. The number of piperazine rings is 1. The van der Waals surface area contributed by atoms with Crippen molar-refractivity contribution >= 4 is 44.0 Å². The number of fused-ring (bicyclic) bond motifs is 1. The van der Waals surface area contributed by atoms with Crippen LogP contribution >= 0.6 is 11.6 Å². The zero-order valence-corrected chi connectivity index (χ0v) is 20.4. The SMILES string of the molecule is O=C1CN(S(=O)(=O)c2ccc3cc(Cl)ccc3c2)CCN1CC1CCN(c2ccncc2)CC1. The molecule has 0 aliphatic carbocycles. The molecule has 0 radical (unpaired) electrons. The highest BCUT2D eigenvalue weighted by Crippen LogP contribution is 2.27. The predicted octanol–water partition coefficient (Wildman–Crippen LogP) is 3.64. The van der Waals surface area contributed by atoms with E-state index in [4.69, 9.17) is 11.6 Å². The summed E-state index contributed by atoms with van der Waals surface area (Å²) >= 11 is 6.03. The second-order valence-electron chi connectivity index (χ2n) is 8.97. The van der Waals surface area contributed by atoms with Gasteiger partial charge in [-0.25, -0.2) is 8.42 Å². The first kappa shape index (κ1) is 23.1. The van der Waals surface area contributed by atoms with Crippen LogP contribution in [0.25, 0.3) is 10.8 Å². The molecule has 178 valence electrons. The molecular weight excluding hydrogens is 472 g/mol. The van der Waals surface area contributed by atoms with Gasteiger partial charge in [-0.2, -0.15) is 4.31 Å². The smallest absolute Gasteiger partial charge is 0.243 e. The molecule has 2 aliphatic heterocycles. The van der Waals surface area contributed by atoms with Crippen molar-refractivity contribution in [2.24, 2.45) is 5.92 Å². The minimum Gasteiger partial charge on any atom is -0.371 e. The van der Waals surface area contributed by atoms with Gasteiger partial charge in [0, 0.05) is 55.8 Å². The number of carbonyl (C=O) groups is 1. The molecular formula is C25H27ClN4O3S. The number of halogens is 1. The molecule has 0 spiro atoms. The average molecular weight is 499 g/mol. The molecule has 3 heterocycles. The highest BCUT2D eigenvalue weighted by molar-refractivity contribution is 7.89.